The van der Waals surface area contributed by atoms with E-state index in [0.29, 0.717) is 16.3 Å². The van der Waals surface area contributed by atoms with E-state index in [1.807, 2.05) is 13.8 Å². The fraction of sp³-hybridized carbons (Fsp3) is 0.300. The molecule has 0 saturated carbocycles. The lowest BCUT2D eigenvalue weighted by atomic mass is 9.97. The van der Waals surface area contributed by atoms with Gasteiger partial charge in [0.2, 0.25) is 0 Å². The molecule has 0 bridgehead atoms. The summed E-state index contributed by atoms with van der Waals surface area (Å²) in [5.74, 6) is 0.239. The minimum atomic E-state index is 0.239. The van der Waals surface area contributed by atoms with Crippen molar-refractivity contribution in [3.8, 4) is 6.07 Å². The van der Waals surface area contributed by atoms with Crippen molar-refractivity contribution in [1.29, 1.82) is 5.26 Å². The fourth-order valence-electron chi connectivity index (χ4n) is 1.32. The van der Waals surface area contributed by atoms with Crippen LogP contribution in [0.1, 0.15) is 30.9 Å². The normalized spacial score (nSPS) is 10.1. The van der Waals surface area contributed by atoms with Gasteiger partial charge in [-0.3, -0.25) is 0 Å². The third kappa shape index (κ3) is 1.93. The molecule has 2 nitrogen and oxygen atoms in total. The number of rotatable bonds is 1. The number of halogens is 1. The molecule has 3 heteroatoms. The molecule has 13 heavy (non-hydrogen) atoms. The molecule has 0 atom stereocenters. The van der Waals surface area contributed by atoms with E-state index in [9.17, 15) is 0 Å². The number of benzene rings is 1. The topological polar surface area (TPSA) is 49.8 Å². The second kappa shape index (κ2) is 3.68. The zero-order chi connectivity index (χ0) is 10.0. The Labute approximate surface area is 82.9 Å². The predicted molar refractivity (Wildman–Crippen MR) is 54.7 cm³/mol. The van der Waals surface area contributed by atoms with Gasteiger partial charge in [-0.1, -0.05) is 25.4 Å². The number of nitrogens with zero attached hydrogens (tertiary/aromatic N) is 1. The summed E-state index contributed by atoms with van der Waals surface area (Å²) in [6.07, 6.45) is 0. The summed E-state index contributed by atoms with van der Waals surface area (Å²) in [4.78, 5) is 0. The van der Waals surface area contributed by atoms with Gasteiger partial charge in [0.1, 0.15) is 0 Å². The van der Waals surface area contributed by atoms with Crippen LogP contribution in [0.25, 0.3) is 0 Å². The SMILES string of the molecule is CC(C)c1c(Cl)cc(N)cc1C#N. The molecule has 0 aliphatic heterocycles. The van der Waals surface area contributed by atoms with E-state index in [2.05, 4.69) is 6.07 Å². The van der Waals surface area contributed by atoms with E-state index in [4.69, 9.17) is 22.6 Å². The summed E-state index contributed by atoms with van der Waals surface area (Å²) in [6, 6.07) is 5.43. The summed E-state index contributed by atoms with van der Waals surface area (Å²) >= 11 is 5.98. The van der Waals surface area contributed by atoms with Crippen LogP contribution in [0.4, 0.5) is 5.69 Å². The first-order valence-corrected chi connectivity index (χ1v) is 4.43. The molecule has 0 heterocycles. The van der Waals surface area contributed by atoms with E-state index in [-0.39, 0.29) is 5.92 Å². The highest BCUT2D eigenvalue weighted by atomic mass is 35.5. The first kappa shape index (κ1) is 9.88. The summed E-state index contributed by atoms with van der Waals surface area (Å²) in [6.45, 7) is 4.00. The quantitative estimate of drug-likeness (QED) is 0.699. The summed E-state index contributed by atoms with van der Waals surface area (Å²) in [7, 11) is 0. The molecule has 0 aliphatic rings. The third-order valence-corrected chi connectivity index (χ3v) is 2.16. The van der Waals surface area contributed by atoms with Gasteiger partial charge in [-0.15, -0.1) is 0 Å². The highest BCUT2D eigenvalue weighted by Gasteiger charge is 2.11. The molecule has 0 spiro atoms. The van der Waals surface area contributed by atoms with Gasteiger partial charge in [-0.05, 0) is 23.6 Å². The predicted octanol–water partition coefficient (Wildman–Crippen LogP) is 2.92. The second-order valence-corrected chi connectivity index (χ2v) is 3.64. The van der Waals surface area contributed by atoms with E-state index in [1.165, 1.54) is 0 Å². The zero-order valence-corrected chi connectivity index (χ0v) is 8.39. The minimum absolute atomic E-state index is 0.239. The molecule has 2 N–H and O–H groups in total. The Kier molecular flexibility index (Phi) is 2.79. The molecule has 0 saturated heterocycles. The van der Waals surface area contributed by atoms with Gasteiger partial charge in [-0.25, -0.2) is 0 Å². The number of nitrogen functional groups attached to an aromatic ring is 1. The van der Waals surface area contributed by atoms with Crippen LogP contribution in [-0.2, 0) is 0 Å². The lowest BCUT2D eigenvalue weighted by Crippen LogP contribution is -1.96. The van der Waals surface area contributed by atoms with Crippen LogP contribution in [0.2, 0.25) is 5.02 Å². The molecule has 1 rings (SSSR count). The molecule has 0 radical (unpaired) electrons. The molecule has 0 unspecified atom stereocenters. The molecule has 1 aromatic rings. The molecule has 0 aliphatic carbocycles. The standard InChI is InChI=1S/C10H11ClN2/c1-6(2)10-7(5-12)3-8(13)4-9(10)11/h3-4,6H,13H2,1-2H3. The Hall–Kier alpha value is -1.20. The molecule has 0 aromatic heterocycles. The smallest absolute Gasteiger partial charge is 0.0995 e. The Balaban J connectivity index is 3.41. The first-order chi connectivity index (χ1) is 6.06. The van der Waals surface area contributed by atoms with Gasteiger partial charge < -0.3 is 5.73 Å². The van der Waals surface area contributed by atoms with Gasteiger partial charge >= 0.3 is 0 Å². The highest BCUT2D eigenvalue weighted by molar-refractivity contribution is 6.31. The van der Waals surface area contributed by atoms with Crippen molar-refractivity contribution in [2.24, 2.45) is 0 Å². The molecular formula is C10H11ClN2. The van der Waals surface area contributed by atoms with Crippen LogP contribution in [0, 0.1) is 11.3 Å². The molecule has 1 aromatic carbocycles. The third-order valence-electron chi connectivity index (χ3n) is 1.85. The Morgan fingerprint density at radius 3 is 2.54 bits per heavy atom. The van der Waals surface area contributed by atoms with Crippen molar-refractivity contribution in [1.82, 2.24) is 0 Å². The van der Waals surface area contributed by atoms with Crippen molar-refractivity contribution < 1.29 is 0 Å². The molecular weight excluding hydrogens is 184 g/mol. The number of hydrogen-bond acceptors (Lipinski definition) is 2. The largest absolute Gasteiger partial charge is 0.399 e. The Morgan fingerprint density at radius 1 is 1.46 bits per heavy atom. The average molecular weight is 195 g/mol. The average Bonchev–Trinajstić information content (AvgIpc) is 2.01. The van der Waals surface area contributed by atoms with Crippen molar-refractivity contribution in [3.05, 3.63) is 28.3 Å². The van der Waals surface area contributed by atoms with Crippen LogP contribution in [0.15, 0.2) is 12.1 Å². The summed E-state index contributed by atoms with van der Waals surface area (Å²) in [5.41, 5.74) is 7.54. The fourth-order valence-corrected chi connectivity index (χ4v) is 1.76. The summed E-state index contributed by atoms with van der Waals surface area (Å²) < 4.78 is 0. The maximum Gasteiger partial charge on any atom is 0.0995 e. The maximum absolute atomic E-state index is 8.85. The van der Waals surface area contributed by atoms with Crippen LogP contribution < -0.4 is 5.73 Å². The number of anilines is 1. The van der Waals surface area contributed by atoms with Gasteiger partial charge in [-0.2, -0.15) is 5.26 Å². The van der Waals surface area contributed by atoms with Crippen LogP contribution in [0.5, 0.6) is 0 Å². The molecule has 0 fully saturated rings. The minimum Gasteiger partial charge on any atom is -0.399 e. The number of nitrogens with two attached hydrogens (primary N) is 1. The van der Waals surface area contributed by atoms with Crippen molar-refractivity contribution in [3.63, 3.8) is 0 Å². The van der Waals surface area contributed by atoms with Crippen LogP contribution in [-0.4, -0.2) is 0 Å². The Morgan fingerprint density at radius 2 is 2.08 bits per heavy atom. The van der Waals surface area contributed by atoms with Gasteiger partial charge in [0.05, 0.1) is 11.6 Å². The van der Waals surface area contributed by atoms with E-state index in [1.54, 1.807) is 12.1 Å². The molecule has 0 amide bonds. The van der Waals surface area contributed by atoms with Crippen molar-refractivity contribution >= 4 is 17.3 Å². The monoisotopic (exact) mass is 194 g/mol. The van der Waals surface area contributed by atoms with E-state index < -0.39 is 0 Å². The first-order valence-electron chi connectivity index (χ1n) is 4.05. The molecule has 68 valence electrons. The second-order valence-electron chi connectivity index (χ2n) is 3.23. The van der Waals surface area contributed by atoms with Crippen LogP contribution in [0.3, 0.4) is 0 Å². The van der Waals surface area contributed by atoms with Crippen molar-refractivity contribution in [2.45, 2.75) is 19.8 Å². The van der Waals surface area contributed by atoms with Gasteiger partial charge in [0.25, 0.3) is 0 Å². The number of nitriles is 1. The van der Waals surface area contributed by atoms with Gasteiger partial charge in [0, 0.05) is 10.7 Å². The van der Waals surface area contributed by atoms with Gasteiger partial charge in [0.15, 0.2) is 0 Å². The van der Waals surface area contributed by atoms with E-state index in [0.717, 1.165) is 5.56 Å². The maximum atomic E-state index is 8.85. The van der Waals surface area contributed by atoms with Crippen molar-refractivity contribution in [2.75, 3.05) is 5.73 Å². The lowest BCUT2D eigenvalue weighted by Gasteiger charge is -2.10. The van der Waals surface area contributed by atoms with E-state index >= 15 is 0 Å². The number of hydrogen-bond donors (Lipinski definition) is 1. The highest BCUT2D eigenvalue weighted by Crippen LogP contribution is 2.29. The lowest BCUT2D eigenvalue weighted by molar-refractivity contribution is 0.863. The summed E-state index contributed by atoms with van der Waals surface area (Å²) in [5, 5.41) is 9.43. The zero-order valence-electron chi connectivity index (χ0n) is 7.63. The Bertz CT molecular complexity index is 364. The van der Waals surface area contributed by atoms with Crippen LogP contribution >= 0.6 is 11.6 Å².